The molecule has 1 rings (SSSR count). The number of nitrogens with zero attached hydrogens (tertiary/aromatic N) is 2. The molecule has 5 nitrogen and oxygen atoms in total. The first-order valence-electron chi connectivity index (χ1n) is 3.86. The molecule has 92 valence electrons. The summed E-state index contributed by atoms with van der Waals surface area (Å²) in [5, 5.41) is 3.51. The average Bonchev–Trinajstić information content (AvgIpc) is 2.49. The van der Waals surface area contributed by atoms with E-state index in [-0.39, 0.29) is 11.4 Å². The minimum absolute atomic E-state index is 0.230. The fraction of sp³-hybridized carbons (Fsp3) is 0.500. The maximum absolute atomic E-state index is 11.6. The third kappa shape index (κ3) is 4.37. The highest BCUT2D eigenvalue weighted by molar-refractivity contribution is 8.13. The van der Waals surface area contributed by atoms with Gasteiger partial charge in [-0.05, 0) is 0 Å². The third-order valence-corrected chi connectivity index (χ3v) is 2.79. The lowest BCUT2D eigenvalue weighted by atomic mass is 10.7. The molecule has 0 fully saturated rings. The van der Waals surface area contributed by atoms with Gasteiger partial charge in [-0.2, -0.15) is 5.10 Å². The molecule has 0 aliphatic carbocycles. The van der Waals surface area contributed by atoms with Crippen molar-refractivity contribution in [2.75, 3.05) is 6.61 Å². The Bertz CT molecular complexity index is 456. The van der Waals surface area contributed by atoms with E-state index in [0.29, 0.717) is 0 Å². The van der Waals surface area contributed by atoms with Crippen LogP contribution in [0.3, 0.4) is 0 Å². The molecule has 0 spiro atoms. The van der Waals surface area contributed by atoms with Gasteiger partial charge in [0.1, 0.15) is 4.90 Å². The predicted octanol–water partition coefficient (Wildman–Crippen LogP) is 1.35. The Morgan fingerprint density at radius 2 is 2.12 bits per heavy atom. The van der Waals surface area contributed by atoms with Crippen molar-refractivity contribution in [3.63, 3.8) is 0 Å². The Labute approximate surface area is 93.2 Å². The lowest BCUT2D eigenvalue weighted by Crippen LogP contribution is -2.17. The molecule has 0 unspecified atom stereocenters. The van der Waals surface area contributed by atoms with Crippen molar-refractivity contribution < 1.29 is 26.3 Å². The van der Waals surface area contributed by atoms with Crippen molar-refractivity contribution in [1.82, 2.24) is 9.78 Å². The highest BCUT2D eigenvalue weighted by Gasteiger charge is 2.28. The summed E-state index contributed by atoms with van der Waals surface area (Å²) < 4.78 is 60.8. The van der Waals surface area contributed by atoms with Crippen LogP contribution in [-0.2, 0) is 20.3 Å². The smallest absolute Gasteiger partial charge is 0.290 e. The Morgan fingerprint density at radius 3 is 2.56 bits per heavy atom. The Balaban J connectivity index is 2.54. The summed E-state index contributed by atoms with van der Waals surface area (Å²) in [6.45, 7) is -0.890. The number of hydrogen-bond acceptors (Lipinski definition) is 4. The molecule has 0 aliphatic heterocycles. The molecule has 16 heavy (non-hydrogen) atoms. The van der Waals surface area contributed by atoms with Crippen molar-refractivity contribution >= 4 is 19.7 Å². The van der Waals surface area contributed by atoms with Gasteiger partial charge in [0.05, 0.1) is 19.3 Å². The zero-order valence-electron chi connectivity index (χ0n) is 7.61. The van der Waals surface area contributed by atoms with Gasteiger partial charge in [0, 0.05) is 16.9 Å². The molecular weight excluding hydrogens is 273 g/mol. The number of ether oxygens (including phenoxy) is 1. The van der Waals surface area contributed by atoms with Crippen LogP contribution in [0.15, 0.2) is 17.3 Å². The van der Waals surface area contributed by atoms with E-state index in [9.17, 15) is 21.6 Å². The van der Waals surface area contributed by atoms with Crippen molar-refractivity contribution in [1.29, 1.82) is 0 Å². The largest absolute Gasteiger partial charge is 0.522 e. The summed E-state index contributed by atoms with van der Waals surface area (Å²) >= 11 is 0. The highest BCUT2D eigenvalue weighted by atomic mass is 35.7. The second-order valence-corrected chi connectivity index (χ2v) is 5.24. The topological polar surface area (TPSA) is 61.2 Å². The van der Waals surface area contributed by atoms with Crippen LogP contribution >= 0.6 is 10.7 Å². The zero-order chi connectivity index (χ0) is 12.4. The lowest BCUT2D eigenvalue weighted by molar-refractivity contribution is -0.325. The lowest BCUT2D eigenvalue weighted by Gasteiger charge is -2.06. The fourth-order valence-electron chi connectivity index (χ4n) is 0.848. The monoisotopic (exact) mass is 278 g/mol. The van der Waals surface area contributed by atoms with Crippen molar-refractivity contribution in [3.05, 3.63) is 12.4 Å². The summed E-state index contributed by atoms with van der Waals surface area (Å²) in [4.78, 5) is -0.277. The normalized spacial score (nSPS) is 13.0. The van der Waals surface area contributed by atoms with E-state index in [2.05, 4.69) is 9.84 Å². The van der Waals surface area contributed by atoms with Crippen molar-refractivity contribution in [3.8, 4) is 0 Å². The average molecular weight is 279 g/mol. The van der Waals surface area contributed by atoms with E-state index in [0.717, 1.165) is 17.1 Å². The molecule has 0 aromatic carbocycles. The van der Waals surface area contributed by atoms with Crippen LogP contribution in [0.4, 0.5) is 13.2 Å². The Hall–Kier alpha value is -0.800. The maximum atomic E-state index is 11.6. The predicted molar refractivity (Wildman–Crippen MR) is 47.3 cm³/mol. The van der Waals surface area contributed by atoms with Gasteiger partial charge in [-0.25, -0.2) is 8.42 Å². The summed E-state index contributed by atoms with van der Waals surface area (Å²) in [6, 6.07) is 0. The van der Waals surface area contributed by atoms with E-state index >= 15 is 0 Å². The van der Waals surface area contributed by atoms with Gasteiger partial charge in [0.2, 0.25) is 0 Å². The molecule has 0 bridgehead atoms. The molecule has 1 aromatic heterocycles. The molecule has 10 heteroatoms. The molecule has 1 aromatic rings. The van der Waals surface area contributed by atoms with Gasteiger partial charge >= 0.3 is 6.36 Å². The highest BCUT2D eigenvalue weighted by Crippen LogP contribution is 2.16. The summed E-state index contributed by atoms with van der Waals surface area (Å²) in [5.41, 5.74) is 0. The van der Waals surface area contributed by atoms with E-state index in [4.69, 9.17) is 10.7 Å². The van der Waals surface area contributed by atoms with Crippen molar-refractivity contribution in [2.24, 2.45) is 0 Å². The van der Waals surface area contributed by atoms with E-state index < -0.39 is 22.0 Å². The SMILES string of the molecule is O=S(=O)(Cl)c1cnn(CCOC(F)(F)F)c1. The minimum atomic E-state index is -4.71. The van der Waals surface area contributed by atoms with E-state index in [1.807, 2.05) is 0 Å². The first-order chi connectivity index (χ1) is 7.18. The van der Waals surface area contributed by atoms with Gasteiger partial charge in [-0.1, -0.05) is 0 Å². The molecule has 0 atom stereocenters. The number of alkyl halides is 3. The summed E-state index contributed by atoms with van der Waals surface area (Å²) in [6.07, 6.45) is -2.76. The van der Waals surface area contributed by atoms with Gasteiger partial charge in [0.25, 0.3) is 9.05 Å². The molecular formula is C6H6ClF3N2O3S. The molecule has 0 amide bonds. The van der Waals surface area contributed by atoms with Gasteiger partial charge < -0.3 is 0 Å². The number of rotatable bonds is 4. The Kier molecular flexibility index (Phi) is 3.81. The first-order valence-corrected chi connectivity index (χ1v) is 6.17. The standard InChI is InChI=1S/C6H6ClF3N2O3S/c7-16(13,14)5-3-11-12(4-5)1-2-15-6(8,9)10/h3-4H,1-2H2. The van der Waals surface area contributed by atoms with Crippen LogP contribution in [0.5, 0.6) is 0 Å². The number of aromatic nitrogens is 2. The van der Waals surface area contributed by atoms with Crippen LogP contribution in [0, 0.1) is 0 Å². The van der Waals surface area contributed by atoms with Crippen LogP contribution in [0.2, 0.25) is 0 Å². The number of halogens is 4. The fourth-order valence-corrected chi connectivity index (χ4v) is 1.51. The number of hydrogen-bond donors (Lipinski definition) is 0. The van der Waals surface area contributed by atoms with Gasteiger partial charge in [0.15, 0.2) is 0 Å². The molecule has 0 radical (unpaired) electrons. The zero-order valence-corrected chi connectivity index (χ0v) is 9.18. The van der Waals surface area contributed by atoms with Crippen LogP contribution in [-0.4, -0.2) is 31.2 Å². The van der Waals surface area contributed by atoms with E-state index in [1.165, 1.54) is 0 Å². The van der Waals surface area contributed by atoms with Crippen LogP contribution < -0.4 is 0 Å². The van der Waals surface area contributed by atoms with Crippen LogP contribution in [0.25, 0.3) is 0 Å². The maximum Gasteiger partial charge on any atom is 0.522 e. The van der Waals surface area contributed by atoms with Crippen molar-refractivity contribution in [2.45, 2.75) is 17.8 Å². The third-order valence-electron chi connectivity index (χ3n) is 1.48. The second-order valence-electron chi connectivity index (χ2n) is 2.67. The summed E-state index contributed by atoms with van der Waals surface area (Å²) in [7, 11) is 1.08. The van der Waals surface area contributed by atoms with Gasteiger partial charge in [-0.3, -0.25) is 9.42 Å². The molecule has 0 saturated heterocycles. The summed E-state index contributed by atoms with van der Waals surface area (Å²) in [5.74, 6) is 0. The minimum Gasteiger partial charge on any atom is -0.290 e. The second kappa shape index (κ2) is 4.60. The molecule has 0 N–H and O–H groups in total. The molecule has 0 aliphatic rings. The molecule has 0 saturated carbocycles. The van der Waals surface area contributed by atoms with E-state index in [1.54, 1.807) is 0 Å². The Morgan fingerprint density at radius 1 is 1.50 bits per heavy atom. The first kappa shape index (κ1) is 13.3. The quantitative estimate of drug-likeness (QED) is 0.780. The van der Waals surface area contributed by atoms with Crippen LogP contribution in [0.1, 0.15) is 0 Å². The molecule has 1 heterocycles. The van der Waals surface area contributed by atoms with Gasteiger partial charge in [-0.15, -0.1) is 13.2 Å².